The lowest BCUT2D eigenvalue weighted by Gasteiger charge is -2.35. The number of hydrogen-bond donors (Lipinski definition) is 2. The molecular formula is C11H14N2O3S. The topological polar surface area (TPSA) is 69.6 Å². The van der Waals surface area contributed by atoms with Gasteiger partial charge < -0.3 is 15.3 Å². The molecule has 1 aliphatic heterocycles. The molecule has 1 aromatic heterocycles. The third kappa shape index (κ3) is 2.26. The summed E-state index contributed by atoms with van der Waals surface area (Å²) in [6.07, 6.45) is 0.712. The number of aromatic carboxylic acids is 1. The van der Waals surface area contributed by atoms with Gasteiger partial charge in [-0.2, -0.15) is 0 Å². The number of carboxylic acid groups (broad SMARTS) is 1. The first kappa shape index (κ1) is 11.9. The molecule has 1 atom stereocenters. The van der Waals surface area contributed by atoms with Crippen molar-refractivity contribution < 1.29 is 14.7 Å². The number of rotatable bonds is 3. The van der Waals surface area contributed by atoms with Crippen LogP contribution in [-0.2, 0) is 4.79 Å². The number of hydrogen-bond acceptors (Lipinski definition) is 4. The van der Waals surface area contributed by atoms with Crippen LogP contribution in [0.5, 0.6) is 0 Å². The Morgan fingerprint density at radius 3 is 3.06 bits per heavy atom. The van der Waals surface area contributed by atoms with E-state index in [-0.39, 0.29) is 11.9 Å². The highest BCUT2D eigenvalue weighted by atomic mass is 32.1. The van der Waals surface area contributed by atoms with Crippen LogP contribution in [0.25, 0.3) is 0 Å². The van der Waals surface area contributed by atoms with E-state index in [9.17, 15) is 9.59 Å². The molecule has 0 aliphatic carbocycles. The highest BCUT2D eigenvalue weighted by Crippen LogP contribution is 2.26. The van der Waals surface area contributed by atoms with Crippen LogP contribution >= 0.6 is 11.3 Å². The molecule has 5 nitrogen and oxygen atoms in total. The van der Waals surface area contributed by atoms with Gasteiger partial charge in [0.15, 0.2) is 0 Å². The Balaban J connectivity index is 2.24. The molecule has 17 heavy (non-hydrogen) atoms. The first-order chi connectivity index (χ1) is 8.13. The molecular weight excluding hydrogens is 240 g/mol. The lowest BCUT2D eigenvalue weighted by Crippen LogP contribution is -2.55. The largest absolute Gasteiger partial charge is 0.477 e. The number of nitrogens with one attached hydrogen (secondary N) is 1. The smallest absolute Gasteiger partial charge is 0.345 e. The second-order valence-electron chi connectivity index (χ2n) is 3.88. The Hall–Kier alpha value is -1.56. The van der Waals surface area contributed by atoms with Crippen molar-refractivity contribution in [3.05, 3.63) is 16.3 Å². The maximum atomic E-state index is 11.7. The summed E-state index contributed by atoms with van der Waals surface area (Å²) in [4.78, 5) is 24.8. The quantitative estimate of drug-likeness (QED) is 0.849. The van der Waals surface area contributed by atoms with Gasteiger partial charge in [0.25, 0.3) is 0 Å². The molecule has 2 heterocycles. The Morgan fingerprint density at radius 1 is 1.71 bits per heavy atom. The third-order valence-corrected chi connectivity index (χ3v) is 3.75. The van der Waals surface area contributed by atoms with Crippen LogP contribution in [0.15, 0.2) is 11.4 Å². The van der Waals surface area contributed by atoms with Crippen LogP contribution in [0, 0.1) is 0 Å². The summed E-state index contributed by atoms with van der Waals surface area (Å²) in [5, 5.41) is 13.5. The van der Waals surface area contributed by atoms with E-state index in [2.05, 4.69) is 5.32 Å². The number of carboxylic acids is 1. The van der Waals surface area contributed by atoms with E-state index in [1.165, 1.54) is 11.3 Å². The molecule has 1 saturated heterocycles. The van der Waals surface area contributed by atoms with Crippen molar-refractivity contribution in [3.63, 3.8) is 0 Å². The zero-order chi connectivity index (χ0) is 12.4. The Morgan fingerprint density at radius 2 is 2.47 bits per heavy atom. The van der Waals surface area contributed by atoms with E-state index in [0.717, 1.165) is 12.2 Å². The summed E-state index contributed by atoms with van der Waals surface area (Å²) < 4.78 is 0. The zero-order valence-corrected chi connectivity index (χ0v) is 10.3. The Bertz CT molecular complexity index is 444. The molecule has 0 saturated carbocycles. The van der Waals surface area contributed by atoms with Gasteiger partial charge in [0, 0.05) is 24.2 Å². The SMILES string of the molecule is CCC1C(=O)NCCN1c1csc(C(=O)O)c1. The summed E-state index contributed by atoms with van der Waals surface area (Å²) in [5.41, 5.74) is 0.828. The van der Waals surface area contributed by atoms with Crippen LogP contribution in [0.4, 0.5) is 5.69 Å². The maximum absolute atomic E-state index is 11.7. The van der Waals surface area contributed by atoms with Crippen LogP contribution in [0.3, 0.4) is 0 Å². The van der Waals surface area contributed by atoms with E-state index in [0.29, 0.717) is 17.8 Å². The first-order valence-electron chi connectivity index (χ1n) is 5.49. The van der Waals surface area contributed by atoms with Crippen molar-refractivity contribution in [2.24, 2.45) is 0 Å². The van der Waals surface area contributed by atoms with Crippen molar-refractivity contribution >= 4 is 28.9 Å². The number of carbonyl (C=O) groups is 2. The second kappa shape index (κ2) is 4.75. The van der Waals surface area contributed by atoms with Crippen molar-refractivity contribution in [1.29, 1.82) is 0 Å². The van der Waals surface area contributed by atoms with E-state index < -0.39 is 5.97 Å². The number of amides is 1. The molecule has 6 heteroatoms. The lowest BCUT2D eigenvalue weighted by molar-refractivity contribution is -0.123. The van der Waals surface area contributed by atoms with Gasteiger partial charge >= 0.3 is 5.97 Å². The molecule has 1 aromatic rings. The van der Waals surface area contributed by atoms with Gasteiger partial charge in [-0.3, -0.25) is 4.79 Å². The zero-order valence-electron chi connectivity index (χ0n) is 9.47. The normalized spacial score (nSPS) is 20.2. The molecule has 1 amide bonds. The maximum Gasteiger partial charge on any atom is 0.345 e. The van der Waals surface area contributed by atoms with Crippen LogP contribution in [0.1, 0.15) is 23.0 Å². The number of piperazine rings is 1. The number of anilines is 1. The van der Waals surface area contributed by atoms with Crippen molar-refractivity contribution in [2.45, 2.75) is 19.4 Å². The minimum absolute atomic E-state index is 0.0156. The van der Waals surface area contributed by atoms with Gasteiger partial charge in [0.1, 0.15) is 10.9 Å². The molecule has 0 radical (unpaired) electrons. The monoisotopic (exact) mass is 254 g/mol. The van der Waals surface area contributed by atoms with Gasteiger partial charge in [0.05, 0.1) is 0 Å². The van der Waals surface area contributed by atoms with Crippen molar-refractivity contribution in [2.75, 3.05) is 18.0 Å². The first-order valence-corrected chi connectivity index (χ1v) is 6.37. The fourth-order valence-corrected chi connectivity index (χ4v) is 2.76. The number of nitrogens with zero attached hydrogens (tertiary/aromatic N) is 1. The van der Waals surface area contributed by atoms with E-state index in [1.54, 1.807) is 11.4 Å². The fourth-order valence-electron chi connectivity index (χ4n) is 2.02. The molecule has 1 unspecified atom stereocenters. The summed E-state index contributed by atoms with van der Waals surface area (Å²) in [7, 11) is 0. The fraction of sp³-hybridized carbons (Fsp3) is 0.455. The van der Waals surface area contributed by atoms with Crippen molar-refractivity contribution in [3.8, 4) is 0 Å². The molecule has 2 N–H and O–H groups in total. The van der Waals surface area contributed by atoms with Gasteiger partial charge in [0.2, 0.25) is 5.91 Å². The van der Waals surface area contributed by atoms with E-state index >= 15 is 0 Å². The number of thiophene rings is 1. The third-order valence-electron chi connectivity index (χ3n) is 2.85. The summed E-state index contributed by atoms with van der Waals surface area (Å²) in [5.74, 6) is -0.905. The van der Waals surface area contributed by atoms with Gasteiger partial charge in [-0.05, 0) is 12.5 Å². The second-order valence-corrected chi connectivity index (χ2v) is 4.79. The van der Waals surface area contributed by atoms with Crippen molar-refractivity contribution in [1.82, 2.24) is 5.32 Å². The Labute approximate surface area is 103 Å². The molecule has 2 rings (SSSR count). The predicted molar refractivity (Wildman–Crippen MR) is 65.7 cm³/mol. The standard InChI is InChI=1S/C11H14N2O3S/c1-2-8-10(14)12-3-4-13(8)7-5-9(11(15)16)17-6-7/h5-6,8H,2-4H2,1H3,(H,12,14)(H,15,16). The van der Waals surface area contributed by atoms with Crippen LogP contribution < -0.4 is 10.2 Å². The lowest BCUT2D eigenvalue weighted by atomic mass is 10.1. The minimum atomic E-state index is -0.921. The number of carbonyl (C=O) groups excluding carboxylic acids is 1. The highest BCUT2D eigenvalue weighted by molar-refractivity contribution is 7.12. The average molecular weight is 254 g/mol. The molecule has 1 fully saturated rings. The minimum Gasteiger partial charge on any atom is -0.477 e. The predicted octanol–water partition coefficient (Wildman–Crippen LogP) is 1.16. The molecule has 1 aliphatic rings. The molecule has 92 valence electrons. The van der Waals surface area contributed by atoms with Gasteiger partial charge in [-0.15, -0.1) is 11.3 Å². The van der Waals surface area contributed by atoms with Crippen LogP contribution in [-0.4, -0.2) is 36.1 Å². The van der Waals surface area contributed by atoms with E-state index in [1.807, 2.05) is 11.8 Å². The van der Waals surface area contributed by atoms with Gasteiger partial charge in [-0.1, -0.05) is 6.92 Å². The molecule has 0 bridgehead atoms. The van der Waals surface area contributed by atoms with E-state index in [4.69, 9.17) is 5.11 Å². The Kier molecular flexibility index (Phi) is 3.33. The summed E-state index contributed by atoms with van der Waals surface area (Å²) >= 11 is 1.19. The average Bonchev–Trinajstić information content (AvgIpc) is 2.77. The summed E-state index contributed by atoms with van der Waals surface area (Å²) in [6.45, 7) is 3.28. The summed E-state index contributed by atoms with van der Waals surface area (Å²) in [6, 6.07) is 1.44. The highest BCUT2D eigenvalue weighted by Gasteiger charge is 2.28. The van der Waals surface area contributed by atoms with Crippen LogP contribution in [0.2, 0.25) is 0 Å². The molecule has 0 spiro atoms. The molecule has 0 aromatic carbocycles. The van der Waals surface area contributed by atoms with Gasteiger partial charge in [-0.25, -0.2) is 4.79 Å².